The Balaban J connectivity index is 2.92. The van der Waals surface area contributed by atoms with Crippen LogP contribution in [0.3, 0.4) is 0 Å². The second-order valence-corrected chi connectivity index (χ2v) is 2.56. The van der Waals surface area contributed by atoms with Crippen LogP contribution in [0.15, 0.2) is 12.4 Å². The standard InChI is InChI=1S/C8H9FN2O2/c1-2-6(8(12)13)7-10-3-5(9)4-11-7/h3-4,6H,2H2,1H3,(H,12,13). The molecule has 0 aliphatic carbocycles. The van der Waals surface area contributed by atoms with Crippen LogP contribution >= 0.6 is 0 Å². The van der Waals surface area contributed by atoms with Crippen LogP contribution in [-0.4, -0.2) is 21.0 Å². The Hall–Kier alpha value is -1.52. The normalized spacial score (nSPS) is 12.5. The van der Waals surface area contributed by atoms with Gasteiger partial charge in [0.1, 0.15) is 11.7 Å². The molecule has 0 spiro atoms. The Bertz CT molecular complexity index is 300. The smallest absolute Gasteiger partial charge is 0.314 e. The second-order valence-electron chi connectivity index (χ2n) is 2.56. The van der Waals surface area contributed by atoms with Crippen molar-refractivity contribution in [3.63, 3.8) is 0 Å². The fraction of sp³-hybridized carbons (Fsp3) is 0.375. The van der Waals surface area contributed by atoms with Crippen molar-refractivity contribution in [2.45, 2.75) is 19.3 Å². The third kappa shape index (κ3) is 2.21. The van der Waals surface area contributed by atoms with Gasteiger partial charge in [0.15, 0.2) is 5.82 Å². The SMILES string of the molecule is CCC(C(=O)O)c1ncc(F)cn1. The molecule has 0 aliphatic heterocycles. The van der Waals surface area contributed by atoms with Crippen molar-refractivity contribution >= 4 is 5.97 Å². The molecule has 0 amide bonds. The Morgan fingerprint density at radius 2 is 2.15 bits per heavy atom. The maximum atomic E-state index is 12.4. The fourth-order valence-electron chi connectivity index (χ4n) is 0.970. The van der Waals surface area contributed by atoms with Crippen LogP contribution in [0.5, 0.6) is 0 Å². The van der Waals surface area contributed by atoms with Gasteiger partial charge in [0.2, 0.25) is 0 Å². The third-order valence-corrected chi connectivity index (χ3v) is 1.66. The number of carboxylic acid groups (broad SMARTS) is 1. The van der Waals surface area contributed by atoms with Crippen molar-refractivity contribution in [1.29, 1.82) is 0 Å². The number of aromatic nitrogens is 2. The van der Waals surface area contributed by atoms with Crippen molar-refractivity contribution in [2.75, 3.05) is 0 Å². The van der Waals surface area contributed by atoms with E-state index >= 15 is 0 Å². The van der Waals surface area contributed by atoms with Crippen LogP contribution < -0.4 is 0 Å². The summed E-state index contributed by atoms with van der Waals surface area (Å²) < 4.78 is 12.4. The molecule has 0 aromatic carbocycles. The molecule has 5 heteroatoms. The number of nitrogens with zero attached hydrogens (tertiary/aromatic N) is 2. The number of halogens is 1. The van der Waals surface area contributed by atoms with Gasteiger partial charge in [-0.1, -0.05) is 6.92 Å². The highest BCUT2D eigenvalue weighted by Gasteiger charge is 2.20. The van der Waals surface area contributed by atoms with Crippen molar-refractivity contribution in [3.05, 3.63) is 24.0 Å². The molecular weight excluding hydrogens is 175 g/mol. The molecule has 1 atom stereocenters. The lowest BCUT2D eigenvalue weighted by atomic mass is 10.1. The van der Waals surface area contributed by atoms with Crippen molar-refractivity contribution < 1.29 is 14.3 Å². The van der Waals surface area contributed by atoms with Crippen molar-refractivity contribution in [2.24, 2.45) is 0 Å². The second kappa shape index (κ2) is 3.93. The van der Waals surface area contributed by atoms with Crippen molar-refractivity contribution in [1.82, 2.24) is 9.97 Å². The summed E-state index contributed by atoms with van der Waals surface area (Å²) in [5, 5.41) is 8.72. The predicted molar refractivity (Wildman–Crippen MR) is 42.7 cm³/mol. The zero-order valence-corrected chi connectivity index (χ0v) is 7.07. The van der Waals surface area contributed by atoms with Crippen LogP contribution in [0.1, 0.15) is 25.1 Å². The number of carbonyl (C=O) groups is 1. The lowest BCUT2D eigenvalue weighted by Crippen LogP contribution is -2.13. The monoisotopic (exact) mass is 184 g/mol. The average molecular weight is 184 g/mol. The fourth-order valence-corrected chi connectivity index (χ4v) is 0.970. The Morgan fingerprint density at radius 1 is 1.62 bits per heavy atom. The van der Waals surface area contributed by atoms with Gasteiger partial charge in [-0.2, -0.15) is 0 Å². The Morgan fingerprint density at radius 3 is 2.54 bits per heavy atom. The van der Waals surface area contributed by atoms with Gasteiger partial charge in [-0.05, 0) is 6.42 Å². The number of hydrogen-bond donors (Lipinski definition) is 1. The topological polar surface area (TPSA) is 63.1 Å². The summed E-state index contributed by atoms with van der Waals surface area (Å²) in [5.74, 6) is -2.16. The molecular formula is C8H9FN2O2. The summed E-state index contributed by atoms with van der Waals surface area (Å²) in [6.07, 6.45) is 2.32. The summed E-state index contributed by atoms with van der Waals surface area (Å²) in [6.45, 7) is 1.71. The molecule has 1 aromatic rings. The largest absolute Gasteiger partial charge is 0.481 e. The van der Waals surface area contributed by atoms with E-state index in [1.807, 2.05) is 0 Å². The number of carboxylic acids is 1. The van der Waals surface area contributed by atoms with Gasteiger partial charge in [-0.25, -0.2) is 14.4 Å². The first kappa shape index (κ1) is 9.57. The average Bonchev–Trinajstić information content (AvgIpc) is 2.09. The molecule has 1 unspecified atom stereocenters. The number of aliphatic carboxylic acids is 1. The Labute approximate surface area is 74.5 Å². The van der Waals surface area contributed by atoms with E-state index in [2.05, 4.69) is 9.97 Å². The van der Waals surface area contributed by atoms with Gasteiger partial charge in [0, 0.05) is 0 Å². The summed E-state index contributed by atoms with van der Waals surface area (Å²) >= 11 is 0. The summed E-state index contributed by atoms with van der Waals surface area (Å²) in [7, 11) is 0. The number of rotatable bonds is 3. The number of hydrogen-bond acceptors (Lipinski definition) is 3. The summed E-state index contributed by atoms with van der Waals surface area (Å²) in [6, 6.07) is 0. The third-order valence-electron chi connectivity index (χ3n) is 1.66. The van der Waals surface area contributed by atoms with Gasteiger partial charge in [0.05, 0.1) is 12.4 Å². The quantitative estimate of drug-likeness (QED) is 0.766. The summed E-state index contributed by atoms with van der Waals surface area (Å²) in [4.78, 5) is 17.8. The van der Waals surface area contributed by atoms with Crippen LogP contribution in [0.4, 0.5) is 4.39 Å². The Kier molecular flexibility index (Phi) is 2.89. The van der Waals surface area contributed by atoms with Gasteiger partial charge in [-0.3, -0.25) is 4.79 Å². The lowest BCUT2D eigenvalue weighted by molar-refractivity contribution is -0.139. The van der Waals surface area contributed by atoms with Crippen LogP contribution in [0.25, 0.3) is 0 Å². The van der Waals surface area contributed by atoms with Crippen LogP contribution in [0.2, 0.25) is 0 Å². The molecule has 0 fully saturated rings. The van der Waals surface area contributed by atoms with E-state index < -0.39 is 17.7 Å². The molecule has 70 valence electrons. The van der Waals surface area contributed by atoms with E-state index in [1.54, 1.807) is 6.92 Å². The first-order chi connectivity index (χ1) is 6.15. The highest BCUT2D eigenvalue weighted by atomic mass is 19.1. The van der Waals surface area contributed by atoms with E-state index in [4.69, 9.17) is 5.11 Å². The molecule has 1 aromatic heterocycles. The zero-order valence-electron chi connectivity index (χ0n) is 7.07. The van der Waals surface area contributed by atoms with E-state index in [9.17, 15) is 9.18 Å². The lowest BCUT2D eigenvalue weighted by Gasteiger charge is -2.06. The highest BCUT2D eigenvalue weighted by molar-refractivity contribution is 5.74. The van der Waals surface area contributed by atoms with Crippen LogP contribution in [-0.2, 0) is 4.79 Å². The minimum Gasteiger partial charge on any atom is -0.481 e. The van der Waals surface area contributed by atoms with Gasteiger partial charge < -0.3 is 5.11 Å². The highest BCUT2D eigenvalue weighted by Crippen LogP contribution is 2.14. The predicted octanol–water partition coefficient (Wildman–Crippen LogP) is 1.19. The zero-order chi connectivity index (χ0) is 9.84. The molecule has 13 heavy (non-hydrogen) atoms. The van der Waals surface area contributed by atoms with E-state index in [-0.39, 0.29) is 5.82 Å². The summed E-state index contributed by atoms with van der Waals surface area (Å²) in [5.41, 5.74) is 0. The molecule has 0 saturated heterocycles. The minimum atomic E-state index is -0.992. The van der Waals surface area contributed by atoms with Gasteiger partial charge in [-0.15, -0.1) is 0 Å². The van der Waals surface area contributed by atoms with Crippen LogP contribution in [0, 0.1) is 5.82 Å². The maximum Gasteiger partial charge on any atom is 0.314 e. The molecule has 0 bridgehead atoms. The minimum absolute atomic E-state index is 0.149. The maximum absolute atomic E-state index is 12.4. The van der Waals surface area contributed by atoms with Gasteiger partial charge >= 0.3 is 5.97 Å². The molecule has 1 heterocycles. The van der Waals surface area contributed by atoms with E-state index in [0.717, 1.165) is 12.4 Å². The van der Waals surface area contributed by atoms with E-state index in [0.29, 0.717) is 6.42 Å². The van der Waals surface area contributed by atoms with Crippen molar-refractivity contribution in [3.8, 4) is 0 Å². The first-order valence-electron chi connectivity index (χ1n) is 3.85. The van der Waals surface area contributed by atoms with Gasteiger partial charge in [0.25, 0.3) is 0 Å². The molecule has 0 saturated carbocycles. The molecule has 0 aliphatic rings. The molecule has 1 rings (SSSR count). The molecule has 1 N–H and O–H groups in total. The molecule has 4 nitrogen and oxygen atoms in total. The molecule has 0 radical (unpaired) electrons. The first-order valence-corrected chi connectivity index (χ1v) is 3.85. The van der Waals surface area contributed by atoms with E-state index in [1.165, 1.54) is 0 Å².